The lowest BCUT2D eigenvalue weighted by atomic mass is 10.1. The SMILES string of the molecule is COc1ccc(COC[C@H]2C[C@@H](CC=O)OC(C)(C)O2)cc1. The second-order valence-corrected chi connectivity index (χ2v) is 5.88. The summed E-state index contributed by atoms with van der Waals surface area (Å²) in [7, 11) is 1.64. The molecule has 0 unspecified atom stereocenters. The summed E-state index contributed by atoms with van der Waals surface area (Å²) in [6, 6.07) is 7.77. The van der Waals surface area contributed by atoms with E-state index in [1.165, 1.54) is 0 Å². The van der Waals surface area contributed by atoms with Crippen LogP contribution in [0, 0.1) is 0 Å². The van der Waals surface area contributed by atoms with Gasteiger partial charge in [-0.1, -0.05) is 12.1 Å². The molecule has 1 heterocycles. The van der Waals surface area contributed by atoms with E-state index in [0.29, 0.717) is 26.1 Å². The van der Waals surface area contributed by atoms with Crippen molar-refractivity contribution < 1.29 is 23.7 Å². The third-order valence-electron chi connectivity index (χ3n) is 3.52. The summed E-state index contributed by atoms with van der Waals surface area (Å²) in [5.41, 5.74) is 1.08. The molecule has 0 N–H and O–H groups in total. The largest absolute Gasteiger partial charge is 0.497 e. The minimum absolute atomic E-state index is 0.0630. The summed E-state index contributed by atoms with van der Waals surface area (Å²) < 4.78 is 22.4. The zero-order valence-corrected chi connectivity index (χ0v) is 13.4. The van der Waals surface area contributed by atoms with Gasteiger partial charge >= 0.3 is 0 Å². The fourth-order valence-electron chi connectivity index (χ4n) is 2.60. The van der Waals surface area contributed by atoms with Crippen molar-refractivity contribution in [2.45, 2.75) is 51.3 Å². The van der Waals surface area contributed by atoms with E-state index in [-0.39, 0.29) is 12.2 Å². The van der Waals surface area contributed by atoms with Gasteiger partial charge in [0.25, 0.3) is 0 Å². The highest BCUT2D eigenvalue weighted by atomic mass is 16.7. The number of ether oxygens (including phenoxy) is 4. The lowest BCUT2D eigenvalue weighted by Gasteiger charge is -2.40. The first-order valence-corrected chi connectivity index (χ1v) is 7.52. The first-order valence-electron chi connectivity index (χ1n) is 7.52. The number of methoxy groups -OCH3 is 1. The second kappa shape index (κ2) is 7.72. The summed E-state index contributed by atoms with van der Waals surface area (Å²) >= 11 is 0. The van der Waals surface area contributed by atoms with Crippen LogP contribution in [0.15, 0.2) is 24.3 Å². The fourth-order valence-corrected chi connectivity index (χ4v) is 2.60. The molecule has 2 atom stereocenters. The average Bonchev–Trinajstić information content (AvgIpc) is 2.47. The lowest BCUT2D eigenvalue weighted by Crippen LogP contribution is -2.46. The third-order valence-corrected chi connectivity index (χ3v) is 3.52. The Kier molecular flexibility index (Phi) is 5.94. The molecule has 1 aliphatic heterocycles. The van der Waals surface area contributed by atoms with Crippen LogP contribution in [0.5, 0.6) is 5.75 Å². The van der Waals surface area contributed by atoms with Crippen LogP contribution >= 0.6 is 0 Å². The average molecular weight is 308 g/mol. The van der Waals surface area contributed by atoms with Crippen LogP contribution in [-0.4, -0.2) is 38.0 Å². The molecule has 1 saturated heterocycles. The molecule has 0 aliphatic carbocycles. The number of aldehydes is 1. The zero-order valence-electron chi connectivity index (χ0n) is 13.4. The third kappa shape index (κ3) is 5.09. The molecule has 22 heavy (non-hydrogen) atoms. The maximum atomic E-state index is 10.7. The van der Waals surface area contributed by atoms with Crippen LogP contribution in [0.3, 0.4) is 0 Å². The first-order chi connectivity index (χ1) is 10.5. The summed E-state index contributed by atoms with van der Waals surface area (Å²) in [5, 5.41) is 0. The monoisotopic (exact) mass is 308 g/mol. The maximum absolute atomic E-state index is 10.7. The van der Waals surface area contributed by atoms with E-state index < -0.39 is 5.79 Å². The van der Waals surface area contributed by atoms with Gasteiger partial charge in [-0.05, 0) is 31.5 Å². The highest BCUT2D eigenvalue weighted by molar-refractivity contribution is 5.50. The van der Waals surface area contributed by atoms with Gasteiger partial charge in [0.15, 0.2) is 5.79 Å². The number of carbonyl (C=O) groups excluding carboxylic acids is 1. The van der Waals surface area contributed by atoms with Crippen molar-refractivity contribution in [1.29, 1.82) is 0 Å². The van der Waals surface area contributed by atoms with Crippen LogP contribution < -0.4 is 4.74 Å². The normalized spacial score (nSPS) is 24.0. The molecule has 122 valence electrons. The van der Waals surface area contributed by atoms with Gasteiger partial charge in [-0.3, -0.25) is 0 Å². The molecule has 0 bridgehead atoms. The van der Waals surface area contributed by atoms with Gasteiger partial charge in [-0.25, -0.2) is 0 Å². The molecule has 5 nitrogen and oxygen atoms in total. The number of benzene rings is 1. The zero-order chi connectivity index (χ0) is 16.0. The van der Waals surface area contributed by atoms with E-state index in [2.05, 4.69) is 0 Å². The van der Waals surface area contributed by atoms with E-state index in [1.807, 2.05) is 38.1 Å². The van der Waals surface area contributed by atoms with Crippen LogP contribution in [0.2, 0.25) is 0 Å². The van der Waals surface area contributed by atoms with Crippen molar-refractivity contribution in [3.8, 4) is 5.75 Å². The predicted octanol–water partition coefficient (Wildman–Crippen LogP) is 2.71. The van der Waals surface area contributed by atoms with Crippen molar-refractivity contribution in [3.05, 3.63) is 29.8 Å². The molecule has 1 fully saturated rings. The highest BCUT2D eigenvalue weighted by Crippen LogP contribution is 2.28. The number of hydrogen-bond acceptors (Lipinski definition) is 5. The predicted molar refractivity (Wildman–Crippen MR) is 81.8 cm³/mol. The Labute approximate surface area is 131 Å². The molecule has 0 saturated carbocycles. The molecule has 0 amide bonds. The second-order valence-electron chi connectivity index (χ2n) is 5.88. The standard InChI is InChI=1S/C17H24O5/c1-17(2)21-15(8-9-18)10-16(22-17)12-20-11-13-4-6-14(19-3)7-5-13/h4-7,9,15-16H,8,10-12H2,1-3H3/t15-,16-/m1/s1. The number of hydrogen-bond donors (Lipinski definition) is 0. The molecule has 0 aromatic heterocycles. The molecule has 0 spiro atoms. The van der Waals surface area contributed by atoms with Gasteiger partial charge in [-0.15, -0.1) is 0 Å². The molecular formula is C17H24O5. The molecular weight excluding hydrogens is 284 g/mol. The van der Waals surface area contributed by atoms with Gasteiger partial charge in [0.1, 0.15) is 12.0 Å². The van der Waals surface area contributed by atoms with Gasteiger partial charge in [0.05, 0.1) is 32.5 Å². The molecule has 1 aromatic carbocycles. The quantitative estimate of drug-likeness (QED) is 0.725. The Morgan fingerprint density at radius 2 is 1.91 bits per heavy atom. The van der Waals surface area contributed by atoms with Crippen molar-refractivity contribution in [1.82, 2.24) is 0 Å². The van der Waals surface area contributed by atoms with Gasteiger partial charge in [-0.2, -0.15) is 0 Å². The number of carbonyl (C=O) groups is 1. The fraction of sp³-hybridized carbons (Fsp3) is 0.588. The van der Waals surface area contributed by atoms with Gasteiger partial charge < -0.3 is 23.7 Å². The Hall–Kier alpha value is -1.43. The topological polar surface area (TPSA) is 54.0 Å². The Bertz CT molecular complexity index is 468. The Balaban J connectivity index is 1.80. The first kappa shape index (κ1) is 16.9. The van der Waals surface area contributed by atoms with E-state index >= 15 is 0 Å². The summed E-state index contributed by atoms with van der Waals surface area (Å²) in [6.07, 6.45) is 1.79. The Morgan fingerprint density at radius 3 is 2.55 bits per heavy atom. The minimum Gasteiger partial charge on any atom is -0.497 e. The van der Waals surface area contributed by atoms with Crippen molar-refractivity contribution in [3.63, 3.8) is 0 Å². The molecule has 1 aromatic rings. The van der Waals surface area contributed by atoms with E-state index in [4.69, 9.17) is 18.9 Å². The molecule has 1 aliphatic rings. The maximum Gasteiger partial charge on any atom is 0.163 e. The highest BCUT2D eigenvalue weighted by Gasteiger charge is 2.35. The van der Waals surface area contributed by atoms with Crippen molar-refractivity contribution in [2.24, 2.45) is 0 Å². The number of rotatable bonds is 7. The van der Waals surface area contributed by atoms with Gasteiger partial charge in [0.2, 0.25) is 0 Å². The smallest absolute Gasteiger partial charge is 0.163 e. The molecule has 2 rings (SSSR count). The summed E-state index contributed by atoms with van der Waals surface area (Å²) in [5.74, 6) is 0.148. The van der Waals surface area contributed by atoms with Crippen LogP contribution in [0.4, 0.5) is 0 Å². The summed E-state index contributed by atoms with van der Waals surface area (Å²) in [4.78, 5) is 10.7. The summed E-state index contributed by atoms with van der Waals surface area (Å²) in [6.45, 7) is 4.72. The van der Waals surface area contributed by atoms with Gasteiger partial charge in [0, 0.05) is 12.8 Å². The molecule has 0 radical (unpaired) electrons. The van der Waals surface area contributed by atoms with E-state index in [0.717, 1.165) is 17.6 Å². The van der Waals surface area contributed by atoms with Crippen LogP contribution in [0.25, 0.3) is 0 Å². The van der Waals surface area contributed by atoms with E-state index in [9.17, 15) is 4.79 Å². The van der Waals surface area contributed by atoms with Crippen LogP contribution in [-0.2, 0) is 25.6 Å². The van der Waals surface area contributed by atoms with Crippen molar-refractivity contribution in [2.75, 3.05) is 13.7 Å². The Morgan fingerprint density at radius 1 is 1.23 bits per heavy atom. The minimum atomic E-state index is -0.680. The molecule has 5 heteroatoms. The van der Waals surface area contributed by atoms with Crippen LogP contribution in [0.1, 0.15) is 32.3 Å². The lowest BCUT2D eigenvalue weighted by molar-refractivity contribution is -0.305. The van der Waals surface area contributed by atoms with E-state index in [1.54, 1.807) is 7.11 Å². The van der Waals surface area contributed by atoms with Crippen molar-refractivity contribution >= 4 is 6.29 Å².